The second-order valence-corrected chi connectivity index (χ2v) is 7.52. The minimum atomic E-state index is -3.40. The molecule has 4 nitrogen and oxygen atoms in total. The van der Waals surface area contributed by atoms with E-state index in [4.69, 9.17) is 11.6 Å². The standard InChI is InChI=1S/C13H17ClN2O2S/c14-11-3-5-12(6-4-11)19(17,18)16-7-1-2-10-8-15-9-13(10)16/h3-6,10,13,15H,1-2,7-9H2. The highest BCUT2D eigenvalue weighted by Gasteiger charge is 2.41. The molecule has 2 heterocycles. The van der Waals surface area contributed by atoms with Crippen LogP contribution in [0.4, 0.5) is 0 Å². The van der Waals surface area contributed by atoms with Gasteiger partial charge in [-0.2, -0.15) is 4.31 Å². The molecule has 104 valence electrons. The molecule has 2 atom stereocenters. The topological polar surface area (TPSA) is 49.4 Å². The number of nitrogens with one attached hydrogen (secondary N) is 1. The molecular formula is C13H17ClN2O2S. The Hall–Kier alpha value is -0.620. The Morgan fingerprint density at radius 1 is 1.21 bits per heavy atom. The summed E-state index contributed by atoms with van der Waals surface area (Å²) >= 11 is 5.82. The van der Waals surface area contributed by atoms with Crippen molar-refractivity contribution in [1.82, 2.24) is 9.62 Å². The van der Waals surface area contributed by atoms with E-state index in [2.05, 4.69) is 5.32 Å². The van der Waals surface area contributed by atoms with Gasteiger partial charge in [-0.15, -0.1) is 0 Å². The summed E-state index contributed by atoms with van der Waals surface area (Å²) in [6, 6.07) is 6.54. The van der Waals surface area contributed by atoms with Gasteiger partial charge in [0.2, 0.25) is 10.0 Å². The highest BCUT2D eigenvalue weighted by Crippen LogP contribution is 2.31. The normalized spacial score (nSPS) is 28.3. The third-order valence-corrected chi connectivity index (χ3v) is 6.24. The van der Waals surface area contributed by atoms with E-state index in [9.17, 15) is 8.42 Å². The van der Waals surface area contributed by atoms with Gasteiger partial charge in [-0.3, -0.25) is 0 Å². The summed E-state index contributed by atoms with van der Waals surface area (Å²) in [6.45, 7) is 2.31. The fourth-order valence-corrected chi connectivity index (χ4v) is 4.92. The monoisotopic (exact) mass is 300 g/mol. The number of fused-ring (bicyclic) bond motifs is 1. The molecular weight excluding hydrogens is 284 g/mol. The van der Waals surface area contributed by atoms with Gasteiger partial charge in [-0.1, -0.05) is 11.6 Å². The summed E-state index contributed by atoms with van der Waals surface area (Å²) in [5, 5.41) is 3.85. The SMILES string of the molecule is O=S(=O)(c1ccc(Cl)cc1)N1CCCC2CNCC21. The van der Waals surface area contributed by atoms with Gasteiger partial charge < -0.3 is 5.32 Å². The molecule has 0 aliphatic carbocycles. The third kappa shape index (κ3) is 2.40. The number of benzene rings is 1. The van der Waals surface area contributed by atoms with E-state index in [0.29, 0.717) is 22.4 Å². The van der Waals surface area contributed by atoms with E-state index in [1.54, 1.807) is 28.6 Å². The molecule has 2 aliphatic rings. The lowest BCUT2D eigenvalue weighted by molar-refractivity contribution is 0.217. The molecule has 2 fully saturated rings. The van der Waals surface area contributed by atoms with E-state index < -0.39 is 10.0 Å². The van der Waals surface area contributed by atoms with Crippen LogP contribution in [0.25, 0.3) is 0 Å². The first-order chi connectivity index (χ1) is 9.09. The molecule has 0 aromatic heterocycles. The lowest BCUT2D eigenvalue weighted by atomic mass is 9.94. The maximum absolute atomic E-state index is 12.7. The minimum Gasteiger partial charge on any atom is -0.315 e. The van der Waals surface area contributed by atoms with Crippen molar-refractivity contribution in [2.75, 3.05) is 19.6 Å². The zero-order chi connectivity index (χ0) is 13.5. The van der Waals surface area contributed by atoms with Crippen molar-refractivity contribution >= 4 is 21.6 Å². The van der Waals surface area contributed by atoms with Crippen LogP contribution in [-0.4, -0.2) is 38.4 Å². The predicted octanol–water partition coefficient (Wildman–Crippen LogP) is 1.71. The number of hydrogen-bond donors (Lipinski definition) is 1. The average molecular weight is 301 g/mol. The zero-order valence-corrected chi connectivity index (χ0v) is 12.1. The largest absolute Gasteiger partial charge is 0.315 e. The average Bonchev–Trinajstić information content (AvgIpc) is 2.87. The molecule has 0 saturated carbocycles. The van der Waals surface area contributed by atoms with Crippen LogP contribution in [-0.2, 0) is 10.0 Å². The molecule has 6 heteroatoms. The molecule has 1 N–H and O–H groups in total. The molecule has 1 aromatic rings. The van der Waals surface area contributed by atoms with Gasteiger partial charge in [-0.05, 0) is 49.6 Å². The van der Waals surface area contributed by atoms with E-state index in [1.807, 2.05) is 0 Å². The molecule has 0 amide bonds. The quantitative estimate of drug-likeness (QED) is 0.904. The van der Waals surface area contributed by atoms with Crippen LogP contribution in [0.15, 0.2) is 29.2 Å². The molecule has 2 unspecified atom stereocenters. The number of piperidine rings is 1. The maximum Gasteiger partial charge on any atom is 0.243 e. The summed E-state index contributed by atoms with van der Waals surface area (Å²) in [6.07, 6.45) is 2.06. The second-order valence-electron chi connectivity index (χ2n) is 5.20. The summed E-state index contributed by atoms with van der Waals surface area (Å²) in [5.74, 6) is 0.454. The first-order valence-corrected chi connectivity index (χ1v) is 8.39. The first kappa shape index (κ1) is 13.4. The molecule has 2 aliphatic heterocycles. The molecule has 0 spiro atoms. The zero-order valence-electron chi connectivity index (χ0n) is 10.5. The predicted molar refractivity (Wildman–Crippen MR) is 74.7 cm³/mol. The second kappa shape index (κ2) is 5.05. The Bertz CT molecular complexity index is 559. The molecule has 0 bridgehead atoms. The van der Waals surface area contributed by atoms with Crippen molar-refractivity contribution < 1.29 is 8.42 Å². The van der Waals surface area contributed by atoms with E-state index in [1.165, 1.54) is 0 Å². The summed E-state index contributed by atoms with van der Waals surface area (Å²) in [7, 11) is -3.40. The lowest BCUT2D eigenvalue weighted by Crippen LogP contribution is -2.48. The van der Waals surface area contributed by atoms with E-state index in [-0.39, 0.29) is 6.04 Å². The first-order valence-electron chi connectivity index (χ1n) is 6.57. The number of rotatable bonds is 2. The van der Waals surface area contributed by atoms with E-state index >= 15 is 0 Å². The fourth-order valence-electron chi connectivity index (χ4n) is 3.07. The summed E-state index contributed by atoms with van der Waals surface area (Å²) < 4.78 is 27.1. The molecule has 3 rings (SSSR count). The number of sulfonamides is 1. The molecule has 2 saturated heterocycles. The number of hydrogen-bond acceptors (Lipinski definition) is 3. The van der Waals surface area contributed by atoms with Gasteiger partial charge in [0.1, 0.15) is 0 Å². The highest BCUT2D eigenvalue weighted by molar-refractivity contribution is 7.89. The van der Waals surface area contributed by atoms with Crippen LogP contribution in [0.1, 0.15) is 12.8 Å². The lowest BCUT2D eigenvalue weighted by Gasteiger charge is -2.35. The Morgan fingerprint density at radius 3 is 2.68 bits per heavy atom. The van der Waals surface area contributed by atoms with Gasteiger partial charge in [0.25, 0.3) is 0 Å². The van der Waals surface area contributed by atoms with Crippen molar-refractivity contribution in [2.45, 2.75) is 23.8 Å². The van der Waals surface area contributed by atoms with Crippen LogP contribution < -0.4 is 5.32 Å². The Labute approximate surface area is 118 Å². The Kier molecular flexibility index (Phi) is 3.55. The molecule has 0 radical (unpaired) electrons. The van der Waals surface area contributed by atoms with Gasteiger partial charge in [-0.25, -0.2) is 8.42 Å². The van der Waals surface area contributed by atoms with Gasteiger partial charge >= 0.3 is 0 Å². The Balaban J connectivity index is 1.93. The smallest absolute Gasteiger partial charge is 0.243 e. The van der Waals surface area contributed by atoms with Crippen LogP contribution in [0, 0.1) is 5.92 Å². The van der Waals surface area contributed by atoms with Crippen LogP contribution >= 0.6 is 11.6 Å². The fraction of sp³-hybridized carbons (Fsp3) is 0.538. The molecule has 19 heavy (non-hydrogen) atoms. The number of nitrogens with zero attached hydrogens (tertiary/aromatic N) is 1. The molecule has 1 aromatic carbocycles. The van der Waals surface area contributed by atoms with Gasteiger partial charge in [0.15, 0.2) is 0 Å². The van der Waals surface area contributed by atoms with Crippen LogP contribution in [0.5, 0.6) is 0 Å². The van der Waals surface area contributed by atoms with Gasteiger partial charge in [0.05, 0.1) is 4.90 Å². The van der Waals surface area contributed by atoms with Crippen molar-refractivity contribution in [3.8, 4) is 0 Å². The Morgan fingerprint density at radius 2 is 1.95 bits per heavy atom. The highest BCUT2D eigenvalue weighted by atomic mass is 35.5. The van der Waals surface area contributed by atoms with Crippen molar-refractivity contribution in [2.24, 2.45) is 5.92 Å². The summed E-state index contributed by atoms with van der Waals surface area (Å²) in [4.78, 5) is 0.337. The van der Waals surface area contributed by atoms with Crippen molar-refractivity contribution in [1.29, 1.82) is 0 Å². The van der Waals surface area contributed by atoms with Crippen molar-refractivity contribution in [3.63, 3.8) is 0 Å². The van der Waals surface area contributed by atoms with E-state index in [0.717, 1.165) is 25.9 Å². The van der Waals surface area contributed by atoms with Crippen molar-refractivity contribution in [3.05, 3.63) is 29.3 Å². The van der Waals surface area contributed by atoms with Crippen LogP contribution in [0.2, 0.25) is 5.02 Å². The van der Waals surface area contributed by atoms with Crippen LogP contribution in [0.3, 0.4) is 0 Å². The third-order valence-electron chi connectivity index (χ3n) is 4.05. The summed E-state index contributed by atoms with van der Waals surface area (Å²) in [5.41, 5.74) is 0. The number of halogens is 1. The maximum atomic E-state index is 12.7. The minimum absolute atomic E-state index is 0.106. The van der Waals surface area contributed by atoms with Gasteiger partial charge in [0, 0.05) is 24.2 Å².